The maximum absolute atomic E-state index is 12.4. The van der Waals surface area contributed by atoms with Crippen molar-refractivity contribution in [3.8, 4) is 0 Å². The number of likely N-dealkylation sites (N-methyl/N-ethyl adjacent to an activating group) is 1. The third-order valence-corrected chi connectivity index (χ3v) is 3.67. The monoisotopic (exact) mass is 348 g/mol. The summed E-state index contributed by atoms with van der Waals surface area (Å²) in [5, 5.41) is 0. The molecular formula is C16H17BrN2O2. The molecule has 4 nitrogen and oxygen atoms in total. The van der Waals surface area contributed by atoms with E-state index in [1.54, 1.807) is 17.2 Å². The van der Waals surface area contributed by atoms with Crippen LogP contribution in [0.15, 0.2) is 57.9 Å². The number of aromatic nitrogens is 1. The fourth-order valence-electron chi connectivity index (χ4n) is 2.05. The number of halogens is 1. The second-order valence-corrected chi connectivity index (χ2v) is 5.62. The topological polar surface area (TPSA) is 42.3 Å². The Kier molecular flexibility index (Phi) is 5.33. The van der Waals surface area contributed by atoms with Gasteiger partial charge in [-0.1, -0.05) is 30.3 Å². The predicted molar refractivity (Wildman–Crippen MR) is 85.9 cm³/mol. The van der Waals surface area contributed by atoms with Crippen LogP contribution < -0.4 is 5.56 Å². The molecule has 0 saturated heterocycles. The lowest BCUT2D eigenvalue weighted by atomic mass is 10.2. The molecule has 0 unspecified atom stereocenters. The number of benzene rings is 1. The fourth-order valence-corrected chi connectivity index (χ4v) is 2.43. The molecule has 0 aliphatic carbocycles. The average Bonchev–Trinajstić information content (AvgIpc) is 2.49. The highest BCUT2D eigenvalue weighted by atomic mass is 79.9. The highest BCUT2D eigenvalue weighted by molar-refractivity contribution is 9.10. The van der Waals surface area contributed by atoms with Gasteiger partial charge in [-0.3, -0.25) is 9.59 Å². The van der Waals surface area contributed by atoms with Crippen LogP contribution in [0.25, 0.3) is 0 Å². The maximum Gasteiger partial charge on any atom is 0.251 e. The van der Waals surface area contributed by atoms with Crippen LogP contribution in [-0.4, -0.2) is 21.9 Å². The van der Waals surface area contributed by atoms with Crippen LogP contribution in [0.4, 0.5) is 0 Å². The summed E-state index contributed by atoms with van der Waals surface area (Å²) in [7, 11) is 0. The van der Waals surface area contributed by atoms with Crippen LogP contribution in [-0.2, 0) is 17.9 Å². The van der Waals surface area contributed by atoms with Gasteiger partial charge in [-0.2, -0.15) is 0 Å². The Labute approximate surface area is 132 Å². The summed E-state index contributed by atoms with van der Waals surface area (Å²) in [6.45, 7) is 3.15. The zero-order valence-electron chi connectivity index (χ0n) is 11.8. The van der Waals surface area contributed by atoms with Crippen LogP contribution in [0.3, 0.4) is 0 Å². The van der Waals surface area contributed by atoms with Crippen molar-refractivity contribution >= 4 is 21.8 Å². The Bertz CT molecular complexity index is 667. The fraction of sp³-hybridized carbons (Fsp3) is 0.250. The molecule has 110 valence electrons. The summed E-state index contributed by atoms with van der Waals surface area (Å²) in [5.41, 5.74) is 0.900. The SMILES string of the molecule is CCN(Cc1ccccc1)C(=O)Cn1cc(Br)ccc1=O. The lowest BCUT2D eigenvalue weighted by Crippen LogP contribution is -2.35. The Hall–Kier alpha value is -1.88. The molecule has 0 N–H and O–H groups in total. The molecule has 0 spiro atoms. The van der Waals surface area contributed by atoms with Crippen molar-refractivity contribution in [2.24, 2.45) is 0 Å². The number of rotatable bonds is 5. The molecular weight excluding hydrogens is 332 g/mol. The van der Waals surface area contributed by atoms with E-state index in [4.69, 9.17) is 0 Å². The molecule has 0 fully saturated rings. The van der Waals surface area contributed by atoms with Crippen molar-refractivity contribution in [1.82, 2.24) is 9.47 Å². The Morgan fingerprint density at radius 3 is 2.57 bits per heavy atom. The number of pyridine rings is 1. The number of hydrogen-bond donors (Lipinski definition) is 0. The van der Waals surface area contributed by atoms with Gasteiger partial charge in [0.05, 0.1) is 0 Å². The predicted octanol–water partition coefficient (Wildman–Crippen LogP) is 2.66. The van der Waals surface area contributed by atoms with E-state index in [9.17, 15) is 9.59 Å². The summed E-state index contributed by atoms with van der Waals surface area (Å²) < 4.78 is 2.20. The highest BCUT2D eigenvalue weighted by Crippen LogP contribution is 2.07. The van der Waals surface area contributed by atoms with Crippen molar-refractivity contribution in [3.63, 3.8) is 0 Å². The van der Waals surface area contributed by atoms with E-state index in [1.807, 2.05) is 37.3 Å². The quantitative estimate of drug-likeness (QED) is 0.833. The highest BCUT2D eigenvalue weighted by Gasteiger charge is 2.13. The zero-order chi connectivity index (χ0) is 15.2. The minimum Gasteiger partial charge on any atom is -0.337 e. The molecule has 1 heterocycles. The van der Waals surface area contributed by atoms with E-state index in [1.165, 1.54) is 10.6 Å². The molecule has 0 aliphatic rings. The Morgan fingerprint density at radius 2 is 1.90 bits per heavy atom. The van der Waals surface area contributed by atoms with Gasteiger partial charge in [0.2, 0.25) is 5.91 Å². The van der Waals surface area contributed by atoms with Crippen molar-refractivity contribution in [2.75, 3.05) is 6.54 Å². The number of amides is 1. The van der Waals surface area contributed by atoms with Gasteiger partial charge in [0.25, 0.3) is 5.56 Å². The Balaban J connectivity index is 2.10. The number of hydrogen-bond acceptors (Lipinski definition) is 2. The summed E-state index contributed by atoms with van der Waals surface area (Å²) in [4.78, 5) is 25.8. The molecule has 0 radical (unpaired) electrons. The third kappa shape index (κ3) is 4.29. The lowest BCUT2D eigenvalue weighted by Gasteiger charge is -2.21. The zero-order valence-corrected chi connectivity index (χ0v) is 13.4. The second kappa shape index (κ2) is 7.22. The van der Waals surface area contributed by atoms with Crippen molar-refractivity contribution in [1.29, 1.82) is 0 Å². The first kappa shape index (κ1) is 15.5. The summed E-state index contributed by atoms with van der Waals surface area (Å²) in [6.07, 6.45) is 1.64. The molecule has 0 saturated carbocycles. The molecule has 0 atom stereocenters. The normalized spacial score (nSPS) is 10.4. The standard InChI is InChI=1S/C16H17BrN2O2/c1-2-18(10-13-6-4-3-5-7-13)16(21)12-19-11-14(17)8-9-15(19)20/h3-9,11H,2,10,12H2,1H3. The lowest BCUT2D eigenvalue weighted by molar-refractivity contribution is -0.132. The van der Waals surface area contributed by atoms with E-state index in [0.29, 0.717) is 13.1 Å². The van der Waals surface area contributed by atoms with Gasteiger partial charge in [-0.15, -0.1) is 0 Å². The van der Waals surface area contributed by atoms with Gasteiger partial charge in [0, 0.05) is 29.8 Å². The van der Waals surface area contributed by atoms with Crippen LogP contribution in [0.2, 0.25) is 0 Å². The number of carbonyl (C=O) groups is 1. The molecule has 0 aliphatic heterocycles. The van der Waals surface area contributed by atoms with E-state index < -0.39 is 0 Å². The summed E-state index contributed by atoms with van der Waals surface area (Å²) in [6, 6.07) is 12.9. The van der Waals surface area contributed by atoms with Gasteiger partial charge < -0.3 is 9.47 Å². The smallest absolute Gasteiger partial charge is 0.251 e. The van der Waals surface area contributed by atoms with Crippen LogP contribution in [0.5, 0.6) is 0 Å². The van der Waals surface area contributed by atoms with E-state index in [2.05, 4.69) is 15.9 Å². The summed E-state index contributed by atoms with van der Waals surface area (Å²) >= 11 is 3.31. The van der Waals surface area contributed by atoms with Crippen LogP contribution in [0, 0.1) is 0 Å². The minimum atomic E-state index is -0.178. The molecule has 0 bridgehead atoms. The molecule has 2 aromatic rings. The van der Waals surface area contributed by atoms with Gasteiger partial charge in [0.15, 0.2) is 0 Å². The van der Waals surface area contributed by atoms with Gasteiger partial charge in [-0.05, 0) is 34.5 Å². The van der Waals surface area contributed by atoms with E-state index in [-0.39, 0.29) is 18.0 Å². The van der Waals surface area contributed by atoms with Crippen molar-refractivity contribution in [3.05, 3.63) is 69.1 Å². The number of nitrogens with zero attached hydrogens (tertiary/aromatic N) is 2. The van der Waals surface area contributed by atoms with E-state index >= 15 is 0 Å². The van der Waals surface area contributed by atoms with Gasteiger partial charge in [-0.25, -0.2) is 0 Å². The molecule has 1 aromatic carbocycles. The molecule has 2 rings (SSSR count). The van der Waals surface area contributed by atoms with Crippen molar-refractivity contribution in [2.45, 2.75) is 20.0 Å². The van der Waals surface area contributed by atoms with Crippen LogP contribution in [0.1, 0.15) is 12.5 Å². The molecule has 21 heavy (non-hydrogen) atoms. The first-order chi connectivity index (χ1) is 10.1. The first-order valence-electron chi connectivity index (χ1n) is 6.78. The second-order valence-electron chi connectivity index (χ2n) is 4.71. The van der Waals surface area contributed by atoms with Crippen molar-refractivity contribution < 1.29 is 4.79 Å². The average molecular weight is 349 g/mol. The maximum atomic E-state index is 12.4. The minimum absolute atomic E-state index is 0.0545. The largest absolute Gasteiger partial charge is 0.337 e. The van der Waals surface area contributed by atoms with Crippen LogP contribution >= 0.6 is 15.9 Å². The van der Waals surface area contributed by atoms with E-state index in [0.717, 1.165) is 10.0 Å². The van der Waals surface area contributed by atoms with Gasteiger partial charge >= 0.3 is 0 Å². The molecule has 5 heteroatoms. The third-order valence-electron chi connectivity index (χ3n) is 3.20. The Morgan fingerprint density at radius 1 is 1.19 bits per heavy atom. The number of carbonyl (C=O) groups excluding carboxylic acids is 1. The molecule has 1 aromatic heterocycles. The molecule has 1 amide bonds. The van der Waals surface area contributed by atoms with Gasteiger partial charge in [0.1, 0.15) is 6.54 Å². The first-order valence-corrected chi connectivity index (χ1v) is 7.57. The summed E-state index contributed by atoms with van der Waals surface area (Å²) in [5.74, 6) is -0.0680.